The van der Waals surface area contributed by atoms with Gasteiger partial charge < -0.3 is 10.1 Å². The fourth-order valence-corrected chi connectivity index (χ4v) is 5.29. The number of pyridine rings is 1. The van der Waals surface area contributed by atoms with E-state index in [2.05, 4.69) is 21.1 Å². The Morgan fingerprint density at radius 3 is 2.53 bits per heavy atom. The van der Waals surface area contributed by atoms with Crippen LogP contribution in [0.2, 0.25) is 5.02 Å². The first kappa shape index (κ1) is 19.3. The number of likely N-dealkylation sites (tertiary alicyclic amines) is 1. The molecule has 2 fully saturated rings. The van der Waals surface area contributed by atoms with Gasteiger partial charge in [-0.3, -0.25) is 4.98 Å². The van der Waals surface area contributed by atoms with Crippen molar-refractivity contribution in [3.05, 3.63) is 76.7 Å². The minimum atomic E-state index is -0.211. The van der Waals surface area contributed by atoms with Crippen LogP contribution in [0.1, 0.15) is 42.7 Å². The topological polar surface area (TPSA) is 48.7 Å². The fourth-order valence-electron chi connectivity index (χ4n) is 5.17. The molecule has 2 aliphatic rings. The van der Waals surface area contributed by atoms with Crippen molar-refractivity contribution in [3.8, 4) is 0 Å². The third-order valence-corrected chi connectivity index (χ3v) is 7.02. The molecule has 3 aromatic rings. The lowest BCUT2D eigenvalue weighted by Gasteiger charge is -2.54. The molecule has 0 bridgehead atoms. The van der Waals surface area contributed by atoms with Gasteiger partial charge >= 0.3 is 0 Å². The van der Waals surface area contributed by atoms with Crippen LogP contribution in [-0.4, -0.2) is 34.0 Å². The summed E-state index contributed by atoms with van der Waals surface area (Å²) in [6, 6.07) is 14.3. The maximum Gasteiger partial charge on any atom is 0.175 e. The Balaban J connectivity index is 1.27. The standard InChI is InChI=1S/C24H23ClFN3O/c25-18-3-1-17(2-4-18)23(28-30)29-14-24(15-29)10-7-16(8-11-24)20-9-12-27-22-6-5-19(26)13-21(20)22/h1-6,9,12-13,16,30H,7-8,10-11,14-15H2/b28-23+. The number of fused-ring (bicyclic) bond motifs is 1. The monoisotopic (exact) mass is 423 g/mol. The average molecular weight is 424 g/mol. The molecule has 1 spiro atoms. The van der Waals surface area contributed by atoms with E-state index in [1.54, 1.807) is 12.1 Å². The Morgan fingerprint density at radius 2 is 1.83 bits per heavy atom. The molecule has 0 amide bonds. The van der Waals surface area contributed by atoms with Crippen LogP contribution in [0.5, 0.6) is 0 Å². The maximum atomic E-state index is 13.8. The number of oxime groups is 1. The van der Waals surface area contributed by atoms with Crippen molar-refractivity contribution in [2.75, 3.05) is 13.1 Å². The number of amidine groups is 1. The number of nitrogens with zero attached hydrogens (tertiary/aromatic N) is 3. The molecule has 0 unspecified atom stereocenters. The van der Waals surface area contributed by atoms with Gasteiger partial charge in [-0.25, -0.2) is 4.39 Å². The minimum absolute atomic E-state index is 0.211. The van der Waals surface area contributed by atoms with Crippen LogP contribution in [0, 0.1) is 11.2 Å². The minimum Gasteiger partial charge on any atom is -0.409 e. The summed E-state index contributed by atoms with van der Waals surface area (Å²) in [5.74, 6) is 0.825. The maximum absolute atomic E-state index is 13.8. The summed E-state index contributed by atoms with van der Waals surface area (Å²) >= 11 is 5.97. The molecule has 0 radical (unpaired) electrons. The molecule has 5 rings (SSSR count). The normalized spacial score (nSPS) is 19.3. The van der Waals surface area contributed by atoms with Crippen molar-refractivity contribution in [2.45, 2.75) is 31.6 Å². The summed E-state index contributed by atoms with van der Waals surface area (Å²) in [4.78, 5) is 6.53. The van der Waals surface area contributed by atoms with Gasteiger partial charge in [0.05, 0.1) is 5.52 Å². The van der Waals surface area contributed by atoms with E-state index in [1.165, 1.54) is 11.6 Å². The van der Waals surface area contributed by atoms with E-state index < -0.39 is 0 Å². The molecule has 2 aromatic carbocycles. The Kier molecular flexibility index (Phi) is 4.86. The highest BCUT2D eigenvalue weighted by Gasteiger charge is 2.46. The number of aromatic nitrogens is 1. The van der Waals surface area contributed by atoms with Crippen molar-refractivity contribution < 1.29 is 9.60 Å². The van der Waals surface area contributed by atoms with Gasteiger partial charge in [-0.1, -0.05) is 16.8 Å². The van der Waals surface area contributed by atoms with Crippen molar-refractivity contribution in [1.29, 1.82) is 0 Å². The van der Waals surface area contributed by atoms with Gasteiger partial charge in [0, 0.05) is 40.7 Å². The average Bonchev–Trinajstić information content (AvgIpc) is 2.74. The highest BCUT2D eigenvalue weighted by atomic mass is 35.5. The van der Waals surface area contributed by atoms with Crippen molar-refractivity contribution >= 4 is 28.3 Å². The van der Waals surface area contributed by atoms with Crippen LogP contribution in [0.25, 0.3) is 10.9 Å². The molecule has 1 saturated heterocycles. The lowest BCUT2D eigenvalue weighted by molar-refractivity contribution is 0.0141. The molecule has 1 aliphatic carbocycles. The predicted octanol–water partition coefficient (Wildman–Crippen LogP) is 5.82. The molecule has 1 N–H and O–H groups in total. The summed E-state index contributed by atoms with van der Waals surface area (Å²) in [6.07, 6.45) is 6.23. The first-order chi connectivity index (χ1) is 14.6. The van der Waals surface area contributed by atoms with E-state index in [0.29, 0.717) is 16.8 Å². The van der Waals surface area contributed by atoms with E-state index >= 15 is 0 Å². The second kappa shape index (κ2) is 7.55. The summed E-state index contributed by atoms with van der Waals surface area (Å²) in [5, 5.41) is 14.7. The highest BCUT2D eigenvalue weighted by molar-refractivity contribution is 6.30. The third kappa shape index (κ3) is 3.41. The molecule has 30 heavy (non-hydrogen) atoms. The lowest BCUT2D eigenvalue weighted by Crippen LogP contribution is -2.59. The molecule has 0 atom stereocenters. The van der Waals surface area contributed by atoms with Crippen LogP contribution in [0.4, 0.5) is 4.39 Å². The van der Waals surface area contributed by atoms with Crippen LogP contribution in [0.3, 0.4) is 0 Å². The predicted molar refractivity (Wildman–Crippen MR) is 117 cm³/mol. The van der Waals surface area contributed by atoms with Crippen LogP contribution < -0.4 is 0 Å². The van der Waals surface area contributed by atoms with Gasteiger partial charge in [-0.15, -0.1) is 0 Å². The molecule has 2 heterocycles. The lowest BCUT2D eigenvalue weighted by atomic mass is 9.64. The van der Waals surface area contributed by atoms with E-state index in [9.17, 15) is 9.60 Å². The van der Waals surface area contributed by atoms with E-state index in [1.807, 2.05) is 30.5 Å². The number of benzene rings is 2. The second-order valence-electron chi connectivity index (χ2n) is 8.62. The highest BCUT2D eigenvalue weighted by Crippen LogP contribution is 2.49. The SMILES string of the molecule is O/N=C(\c1ccc(Cl)cc1)N1CC2(CCC(c3ccnc4ccc(F)cc34)CC2)C1. The molecule has 1 aromatic heterocycles. The summed E-state index contributed by atoms with van der Waals surface area (Å²) in [7, 11) is 0. The zero-order valence-electron chi connectivity index (χ0n) is 16.6. The quantitative estimate of drug-likeness (QED) is 0.244. The van der Waals surface area contributed by atoms with Crippen molar-refractivity contribution in [2.24, 2.45) is 10.6 Å². The van der Waals surface area contributed by atoms with Gasteiger partial charge in [-0.2, -0.15) is 0 Å². The first-order valence-corrected chi connectivity index (χ1v) is 10.7. The number of hydrogen-bond donors (Lipinski definition) is 1. The zero-order chi connectivity index (χ0) is 20.7. The van der Waals surface area contributed by atoms with Crippen molar-refractivity contribution in [3.63, 3.8) is 0 Å². The first-order valence-electron chi connectivity index (χ1n) is 10.3. The summed E-state index contributed by atoms with van der Waals surface area (Å²) in [6.45, 7) is 1.79. The summed E-state index contributed by atoms with van der Waals surface area (Å²) < 4.78 is 13.8. The summed E-state index contributed by atoms with van der Waals surface area (Å²) in [5.41, 5.74) is 3.21. The molecule has 4 nitrogen and oxygen atoms in total. The van der Waals surface area contributed by atoms with Gasteiger partial charge in [0.25, 0.3) is 0 Å². The fraction of sp³-hybridized carbons (Fsp3) is 0.333. The van der Waals surface area contributed by atoms with E-state index in [0.717, 1.165) is 55.2 Å². The number of hydrogen-bond acceptors (Lipinski definition) is 3. The Bertz CT molecular complexity index is 1100. The van der Waals surface area contributed by atoms with Gasteiger partial charge in [0.1, 0.15) is 5.82 Å². The van der Waals surface area contributed by atoms with Gasteiger partial charge in [0.15, 0.2) is 5.84 Å². The largest absolute Gasteiger partial charge is 0.409 e. The Morgan fingerprint density at radius 1 is 1.10 bits per heavy atom. The third-order valence-electron chi connectivity index (χ3n) is 6.77. The van der Waals surface area contributed by atoms with E-state index in [4.69, 9.17) is 11.6 Å². The zero-order valence-corrected chi connectivity index (χ0v) is 17.3. The van der Waals surface area contributed by atoms with Gasteiger partial charge in [-0.05, 0) is 85.7 Å². The molecule has 154 valence electrons. The second-order valence-corrected chi connectivity index (χ2v) is 9.06. The van der Waals surface area contributed by atoms with Crippen molar-refractivity contribution in [1.82, 2.24) is 9.88 Å². The van der Waals surface area contributed by atoms with Crippen LogP contribution >= 0.6 is 11.6 Å². The molecular formula is C24H23ClFN3O. The number of rotatable bonds is 2. The molecule has 6 heteroatoms. The Labute approximate surface area is 180 Å². The smallest absolute Gasteiger partial charge is 0.175 e. The van der Waals surface area contributed by atoms with E-state index in [-0.39, 0.29) is 11.2 Å². The van der Waals surface area contributed by atoms with Crippen LogP contribution in [0.15, 0.2) is 59.9 Å². The van der Waals surface area contributed by atoms with Crippen LogP contribution in [-0.2, 0) is 0 Å². The molecular weight excluding hydrogens is 401 g/mol. The molecule has 1 saturated carbocycles. The molecule has 1 aliphatic heterocycles. The van der Waals surface area contributed by atoms with Gasteiger partial charge in [0.2, 0.25) is 0 Å². The number of halogens is 2. The Hall–Kier alpha value is -2.66.